The normalized spacial score (nSPS) is 13.9. The number of hydrogen-bond donors (Lipinski definition) is 0. The number of fused-ring (bicyclic) bond motifs is 14. The lowest BCUT2D eigenvalue weighted by atomic mass is 9.69. The van der Waals surface area contributed by atoms with E-state index in [-0.39, 0.29) is 5.41 Å². The molecule has 0 atom stereocenters. The maximum absolute atomic E-state index is 2.62. The van der Waals surface area contributed by atoms with Crippen LogP contribution in [0, 0.1) is 0 Å². The molecule has 306 valence electrons. The van der Waals surface area contributed by atoms with Crippen molar-refractivity contribution in [1.82, 2.24) is 0 Å². The number of anilines is 3. The molecule has 0 saturated carbocycles. The van der Waals surface area contributed by atoms with E-state index < -0.39 is 5.41 Å². The zero-order valence-electron chi connectivity index (χ0n) is 36.5. The van der Waals surface area contributed by atoms with Gasteiger partial charge in [0.1, 0.15) is 0 Å². The van der Waals surface area contributed by atoms with E-state index in [0.717, 1.165) is 17.1 Å². The van der Waals surface area contributed by atoms with Crippen LogP contribution in [0.5, 0.6) is 0 Å². The molecule has 10 aromatic carbocycles. The first-order valence-corrected chi connectivity index (χ1v) is 22.8. The van der Waals surface area contributed by atoms with Crippen molar-refractivity contribution in [3.63, 3.8) is 0 Å². The van der Waals surface area contributed by atoms with Gasteiger partial charge >= 0.3 is 0 Å². The summed E-state index contributed by atoms with van der Waals surface area (Å²) in [6, 6.07) is 88.1. The Hall–Kier alpha value is -8.00. The molecule has 0 fully saturated rings. The monoisotopic (exact) mass is 827 g/mol. The quantitative estimate of drug-likeness (QED) is 0.161. The predicted molar refractivity (Wildman–Crippen MR) is 271 cm³/mol. The van der Waals surface area contributed by atoms with Crippen molar-refractivity contribution >= 4 is 17.1 Å². The SMILES string of the molecule is CC1(C)c2ccccc2-c2c3c(cc(-c4cc(-c5ccccc5)cc(N(c5ccccc5)c5ccc(-c6ccccc6)cc5)c4)c21)C1(c2ccccc2-c2ccccc21)c1ccccc1-3. The minimum absolute atomic E-state index is 0.276. The average molecular weight is 828 g/mol. The lowest BCUT2D eigenvalue weighted by molar-refractivity contribution is 0.661. The first kappa shape index (κ1) is 37.5. The van der Waals surface area contributed by atoms with Crippen molar-refractivity contribution in [2.45, 2.75) is 24.7 Å². The third-order valence-corrected chi connectivity index (χ3v) is 14.6. The van der Waals surface area contributed by atoms with Crippen LogP contribution in [0.25, 0.3) is 66.8 Å². The maximum atomic E-state index is 2.62. The highest BCUT2D eigenvalue weighted by atomic mass is 15.1. The van der Waals surface area contributed by atoms with Crippen molar-refractivity contribution in [3.8, 4) is 66.8 Å². The zero-order valence-corrected chi connectivity index (χ0v) is 36.5. The molecule has 13 rings (SSSR count). The van der Waals surface area contributed by atoms with Crippen molar-refractivity contribution in [2.75, 3.05) is 4.90 Å². The number of hydrogen-bond acceptors (Lipinski definition) is 1. The number of para-hydroxylation sites is 1. The Labute approximate surface area is 381 Å². The summed E-state index contributed by atoms with van der Waals surface area (Å²) < 4.78 is 0. The third kappa shape index (κ3) is 5.39. The fourth-order valence-electron chi connectivity index (χ4n) is 11.9. The van der Waals surface area contributed by atoms with E-state index in [1.165, 1.54) is 100 Å². The molecule has 1 nitrogen and oxygen atoms in total. The molecule has 3 aliphatic carbocycles. The summed E-state index contributed by atoms with van der Waals surface area (Å²) in [6.07, 6.45) is 0. The Morgan fingerprint density at radius 1 is 0.277 bits per heavy atom. The molecular formula is C64H45N. The van der Waals surface area contributed by atoms with Crippen LogP contribution in [0.1, 0.15) is 47.2 Å². The van der Waals surface area contributed by atoms with E-state index in [1.54, 1.807) is 0 Å². The summed E-state index contributed by atoms with van der Waals surface area (Å²) in [6.45, 7) is 4.88. The molecule has 1 spiro atoms. The van der Waals surface area contributed by atoms with Gasteiger partial charge in [-0.1, -0.05) is 202 Å². The molecule has 0 saturated heterocycles. The molecule has 0 unspecified atom stereocenters. The maximum Gasteiger partial charge on any atom is 0.0725 e. The van der Waals surface area contributed by atoms with E-state index in [4.69, 9.17) is 0 Å². The Bertz CT molecular complexity index is 3440. The van der Waals surface area contributed by atoms with Gasteiger partial charge in [0.15, 0.2) is 0 Å². The van der Waals surface area contributed by atoms with Crippen LogP contribution < -0.4 is 4.90 Å². The summed E-state index contributed by atoms with van der Waals surface area (Å²) in [5.74, 6) is 0. The minimum atomic E-state index is -0.485. The molecule has 1 heteroatoms. The van der Waals surface area contributed by atoms with Crippen LogP contribution in [0.4, 0.5) is 17.1 Å². The summed E-state index contributed by atoms with van der Waals surface area (Å²) in [4.78, 5) is 2.43. The topological polar surface area (TPSA) is 3.24 Å². The molecular weight excluding hydrogens is 783 g/mol. The van der Waals surface area contributed by atoms with Gasteiger partial charge in [0.25, 0.3) is 0 Å². The number of benzene rings is 10. The lowest BCUT2D eigenvalue weighted by Crippen LogP contribution is -2.26. The summed E-state index contributed by atoms with van der Waals surface area (Å²) in [7, 11) is 0. The van der Waals surface area contributed by atoms with Crippen molar-refractivity contribution in [3.05, 3.63) is 270 Å². The third-order valence-electron chi connectivity index (χ3n) is 14.6. The Morgan fingerprint density at radius 2 is 0.708 bits per heavy atom. The van der Waals surface area contributed by atoms with Gasteiger partial charge in [-0.15, -0.1) is 0 Å². The molecule has 65 heavy (non-hydrogen) atoms. The molecule has 0 aliphatic heterocycles. The first-order valence-electron chi connectivity index (χ1n) is 22.8. The second-order valence-electron chi connectivity index (χ2n) is 18.4. The van der Waals surface area contributed by atoms with Crippen molar-refractivity contribution in [1.29, 1.82) is 0 Å². The summed E-state index contributed by atoms with van der Waals surface area (Å²) >= 11 is 0. The van der Waals surface area contributed by atoms with E-state index in [2.05, 4.69) is 255 Å². The van der Waals surface area contributed by atoms with Crippen LogP contribution >= 0.6 is 0 Å². The van der Waals surface area contributed by atoms with Crippen LogP contribution in [-0.2, 0) is 10.8 Å². The standard InChI is InChI=1S/C64H45N/c1-63(2)55-30-16-14-28-52(55)61-60-53-29-15-19-33-58(53)64(56-31-17-12-26-50(56)51-27-13-18-32-57(51)64)59(60)41-54(62(61)63)46-38-45(43-22-8-4-9-23-43)39-49(40-46)65(47-24-10-5-11-25-47)48-36-34-44(35-37-48)42-20-6-3-7-21-42/h3-41H,1-2H3. The molecule has 0 aromatic heterocycles. The van der Waals surface area contributed by atoms with Crippen LogP contribution in [0.2, 0.25) is 0 Å². The number of nitrogens with zero attached hydrogens (tertiary/aromatic N) is 1. The fourth-order valence-corrected chi connectivity index (χ4v) is 11.9. The van der Waals surface area contributed by atoms with Gasteiger partial charge < -0.3 is 4.90 Å². The Morgan fingerprint density at radius 3 is 1.31 bits per heavy atom. The largest absolute Gasteiger partial charge is 0.310 e. The second kappa shape index (κ2) is 14.3. The minimum Gasteiger partial charge on any atom is -0.310 e. The van der Waals surface area contributed by atoms with Crippen molar-refractivity contribution < 1.29 is 0 Å². The molecule has 3 aliphatic rings. The van der Waals surface area contributed by atoms with Crippen LogP contribution in [0.15, 0.2) is 237 Å². The van der Waals surface area contributed by atoms with Crippen molar-refractivity contribution in [2.24, 2.45) is 0 Å². The highest BCUT2D eigenvalue weighted by Crippen LogP contribution is 2.67. The Kier molecular flexibility index (Phi) is 8.24. The van der Waals surface area contributed by atoms with Crippen LogP contribution in [0.3, 0.4) is 0 Å². The smallest absolute Gasteiger partial charge is 0.0725 e. The van der Waals surface area contributed by atoms with Gasteiger partial charge in [-0.25, -0.2) is 0 Å². The highest BCUT2D eigenvalue weighted by Gasteiger charge is 2.54. The average Bonchev–Trinajstić information content (AvgIpc) is 3.93. The number of rotatable bonds is 6. The van der Waals surface area contributed by atoms with E-state index in [1.807, 2.05) is 0 Å². The summed E-state index contributed by atoms with van der Waals surface area (Å²) in [5, 5.41) is 0. The van der Waals surface area contributed by atoms with E-state index in [9.17, 15) is 0 Å². The predicted octanol–water partition coefficient (Wildman–Crippen LogP) is 16.8. The van der Waals surface area contributed by atoms with Gasteiger partial charge in [0.05, 0.1) is 5.41 Å². The first-order chi connectivity index (χ1) is 32.0. The van der Waals surface area contributed by atoms with Crippen LogP contribution in [-0.4, -0.2) is 0 Å². The summed E-state index contributed by atoms with van der Waals surface area (Å²) in [5.41, 5.74) is 26.0. The molecule has 10 aromatic rings. The molecule has 0 amide bonds. The molecule has 0 N–H and O–H groups in total. The molecule has 0 radical (unpaired) electrons. The molecule has 0 bridgehead atoms. The highest BCUT2D eigenvalue weighted by molar-refractivity contribution is 6.06. The van der Waals surface area contributed by atoms with E-state index in [0.29, 0.717) is 0 Å². The zero-order chi connectivity index (χ0) is 43.3. The van der Waals surface area contributed by atoms with Gasteiger partial charge in [-0.05, 0) is 149 Å². The van der Waals surface area contributed by atoms with Gasteiger partial charge in [-0.2, -0.15) is 0 Å². The lowest BCUT2D eigenvalue weighted by Gasteiger charge is -2.32. The fraction of sp³-hybridized carbons (Fsp3) is 0.0625. The van der Waals surface area contributed by atoms with E-state index >= 15 is 0 Å². The molecule has 0 heterocycles. The Balaban J connectivity index is 1.13. The van der Waals surface area contributed by atoms with Gasteiger partial charge in [-0.3, -0.25) is 0 Å². The van der Waals surface area contributed by atoms with Gasteiger partial charge in [0.2, 0.25) is 0 Å². The van der Waals surface area contributed by atoms with Gasteiger partial charge in [0, 0.05) is 22.5 Å². The second-order valence-corrected chi connectivity index (χ2v) is 18.4.